The zero-order valence-electron chi connectivity index (χ0n) is 20.9. The van der Waals surface area contributed by atoms with Crippen molar-refractivity contribution in [1.29, 1.82) is 0 Å². The number of nitrogens with one attached hydrogen (secondary N) is 1. The fourth-order valence-corrected chi connectivity index (χ4v) is 4.04. The van der Waals surface area contributed by atoms with Crippen molar-refractivity contribution in [3.05, 3.63) is 78.1 Å². The van der Waals surface area contributed by atoms with Crippen molar-refractivity contribution < 1.29 is 19.1 Å². The van der Waals surface area contributed by atoms with Gasteiger partial charge in [0.2, 0.25) is 0 Å². The Kier molecular flexibility index (Phi) is 7.95. The van der Waals surface area contributed by atoms with Gasteiger partial charge in [-0.1, -0.05) is 30.3 Å². The number of likely N-dealkylation sites (tertiary alicyclic amines) is 1. The fraction of sp³-hybridized carbons (Fsp3) is 0.357. The molecule has 36 heavy (non-hydrogen) atoms. The number of anilines is 1. The summed E-state index contributed by atoms with van der Waals surface area (Å²) in [4.78, 5) is 35.6. The number of para-hydroxylation sites is 1. The molecule has 0 aliphatic carbocycles. The molecule has 1 N–H and O–H groups in total. The number of benzene rings is 2. The number of rotatable bonds is 8. The molecular weight excluding hydrogens is 456 g/mol. The lowest BCUT2D eigenvalue weighted by Gasteiger charge is -2.27. The molecule has 1 unspecified atom stereocenters. The topological polar surface area (TPSA) is 93.7 Å². The Labute approximate surface area is 211 Å². The molecule has 4 rings (SSSR count). The van der Waals surface area contributed by atoms with E-state index in [2.05, 4.69) is 20.2 Å². The van der Waals surface area contributed by atoms with Gasteiger partial charge in [-0.15, -0.1) is 0 Å². The monoisotopic (exact) mass is 488 g/mol. The molecule has 1 fully saturated rings. The van der Waals surface area contributed by atoms with Gasteiger partial charge in [-0.3, -0.25) is 14.5 Å². The third kappa shape index (κ3) is 7.11. The highest BCUT2D eigenvalue weighted by Crippen LogP contribution is 2.22. The molecule has 2 aromatic carbocycles. The summed E-state index contributed by atoms with van der Waals surface area (Å²) in [6.07, 6.45) is 5.52. The lowest BCUT2D eigenvalue weighted by molar-refractivity contribution is -0.160. The number of nitrogens with zero attached hydrogens (tertiary/aromatic N) is 3. The number of amides is 1. The summed E-state index contributed by atoms with van der Waals surface area (Å²) in [6.45, 7) is 7.37. The summed E-state index contributed by atoms with van der Waals surface area (Å²) in [5.41, 5.74) is 1.67. The predicted octanol–water partition coefficient (Wildman–Crippen LogP) is 4.87. The number of aromatic nitrogens is 2. The molecule has 1 atom stereocenters. The zero-order valence-corrected chi connectivity index (χ0v) is 20.9. The Balaban J connectivity index is 1.27. The van der Waals surface area contributed by atoms with Gasteiger partial charge in [-0.05, 0) is 76.4 Å². The summed E-state index contributed by atoms with van der Waals surface area (Å²) in [5.74, 6) is 0.188. The van der Waals surface area contributed by atoms with Gasteiger partial charge in [0.15, 0.2) is 0 Å². The molecule has 0 bridgehead atoms. The molecule has 8 heteroatoms. The summed E-state index contributed by atoms with van der Waals surface area (Å²) < 4.78 is 11.2. The molecule has 1 aliphatic rings. The first-order valence-electron chi connectivity index (χ1n) is 12.2. The van der Waals surface area contributed by atoms with Gasteiger partial charge in [-0.2, -0.15) is 0 Å². The summed E-state index contributed by atoms with van der Waals surface area (Å²) in [5, 5.41) is 2.86. The molecule has 1 amide bonds. The Morgan fingerprint density at radius 3 is 2.39 bits per heavy atom. The second-order valence-electron chi connectivity index (χ2n) is 9.80. The van der Waals surface area contributed by atoms with E-state index >= 15 is 0 Å². The lowest BCUT2D eigenvalue weighted by Crippen LogP contribution is -2.41. The van der Waals surface area contributed by atoms with Crippen molar-refractivity contribution in [3.8, 4) is 11.8 Å². The van der Waals surface area contributed by atoms with E-state index in [1.807, 2.05) is 63.2 Å². The standard InChI is InChI=1S/C28H32N4O4/c1-28(2,3)36-26(34)24-10-7-16-32(24)17-15-20-11-13-22(14-12-20)31-25(33)21-18-29-27(30-19-21)35-23-8-5-4-6-9-23/h4-6,8-9,11-14,18-19,24H,7,10,15-17H2,1-3H3,(H,31,33). The molecule has 0 spiro atoms. The fourth-order valence-electron chi connectivity index (χ4n) is 4.04. The summed E-state index contributed by atoms with van der Waals surface area (Å²) in [7, 11) is 0. The van der Waals surface area contributed by atoms with Crippen LogP contribution in [-0.2, 0) is 16.0 Å². The van der Waals surface area contributed by atoms with Crippen LogP contribution in [0.5, 0.6) is 11.8 Å². The average molecular weight is 489 g/mol. The van der Waals surface area contributed by atoms with E-state index in [4.69, 9.17) is 9.47 Å². The Hall–Kier alpha value is -3.78. The zero-order chi connectivity index (χ0) is 25.5. The molecular formula is C28H32N4O4. The van der Waals surface area contributed by atoms with E-state index in [1.54, 1.807) is 12.1 Å². The summed E-state index contributed by atoms with van der Waals surface area (Å²) >= 11 is 0. The van der Waals surface area contributed by atoms with Gasteiger partial charge in [0.25, 0.3) is 5.91 Å². The van der Waals surface area contributed by atoms with E-state index in [1.165, 1.54) is 12.4 Å². The minimum absolute atomic E-state index is 0.137. The third-order valence-electron chi connectivity index (χ3n) is 5.78. The molecule has 0 saturated carbocycles. The Morgan fingerprint density at radius 1 is 1.03 bits per heavy atom. The lowest BCUT2D eigenvalue weighted by atomic mass is 10.1. The van der Waals surface area contributed by atoms with Gasteiger partial charge in [-0.25, -0.2) is 9.97 Å². The average Bonchev–Trinajstić information content (AvgIpc) is 3.33. The minimum atomic E-state index is -0.476. The first-order chi connectivity index (χ1) is 17.3. The first-order valence-corrected chi connectivity index (χ1v) is 12.2. The molecule has 3 aromatic rings. The third-order valence-corrected chi connectivity index (χ3v) is 5.78. The quantitative estimate of drug-likeness (QED) is 0.452. The van der Waals surface area contributed by atoms with Gasteiger partial charge in [0, 0.05) is 24.6 Å². The normalized spacial score (nSPS) is 15.9. The highest BCUT2D eigenvalue weighted by Gasteiger charge is 2.33. The minimum Gasteiger partial charge on any atom is -0.459 e. The number of esters is 1. The van der Waals surface area contributed by atoms with Crippen LogP contribution in [0.15, 0.2) is 67.0 Å². The number of ether oxygens (including phenoxy) is 2. The maximum absolute atomic E-state index is 12.6. The van der Waals surface area contributed by atoms with E-state index < -0.39 is 5.60 Å². The van der Waals surface area contributed by atoms with E-state index in [9.17, 15) is 9.59 Å². The van der Waals surface area contributed by atoms with Gasteiger partial charge in [0.05, 0.1) is 5.56 Å². The van der Waals surface area contributed by atoms with Crippen molar-refractivity contribution in [2.75, 3.05) is 18.4 Å². The molecule has 1 aliphatic heterocycles. The van der Waals surface area contributed by atoms with Crippen molar-refractivity contribution in [2.45, 2.75) is 51.7 Å². The van der Waals surface area contributed by atoms with Crippen molar-refractivity contribution in [1.82, 2.24) is 14.9 Å². The van der Waals surface area contributed by atoms with Crippen LogP contribution in [0.3, 0.4) is 0 Å². The van der Waals surface area contributed by atoms with Crippen LogP contribution in [0.1, 0.15) is 49.5 Å². The van der Waals surface area contributed by atoms with E-state index in [0.29, 0.717) is 17.0 Å². The van der Waals surface area contributed by atoms with Crippen LogP contribution in [0.25, 0.3) is 0 Å². The van der Waals surface area contributed by atoms with Crippen molar-refractivity contribution in [3.63, 3.8) is 0 Å². The van der Waals surface area contributed by atoms with Crippen molar-refractivity contribution in [2.24, 2.45) is 0 Å². The molecule has 2 heterocycles. The van der Waals surface area contributed by atoms with Crippen LogP contribution in [0.4, 0.5) is 5.69 Å². The predicted molar refractivity (Wildman–Crippen MR) is 137 cm³/mol. The van der Waals surface area contributed by atoms with Crippen LogP contribution >= 0.6 is 0 Å². The molecule has 1 aromatic heterocycles. The molecule has 0 radical (unpaired) electrons. The van der Waals surface area contributed by atoms with E-state index in [-0.39, 0.29) is 23.9 Å². The van der Waals surface area contributed by atoms with Gasteiger partial charge >= 0.3 is 12.0 Å². The van der Waals surface area contributed by atoms with Crippen LogP contribution < -0.4 is 10.1 Å². The second kappa shape index (κ2) is 11.3. The number of carbonyl (C=O) groups excluding carboxylic acids is 2. The molecule has 8 nitrogen and oxygen atoms in total. The molecule has 188 valence electrons. The highest BCUT2D eigenvalue weighted by molar-refractivity contribution is 6.03. The second-order valence-corrected chi connectivity index (χ2v) is 9.80. The number of hydrogen-bond donors (Lipinski definition) is 1. The Morgan fingerprint density at radius 2 is 1.72 bits per heavy atom. The van der Waals surface area contributed by atoms with Crippen LogP contribution in [0.2, 0.25) is 0 Å². The SMILES string of the molecule is CC(C)(C)OC(=O)C1CCCN1CCc1ccc(NC(=O)c2cnc(Oc3ccccc3)nc2)cc1. The maximum atomic E-state index is 12.6. The largest absolute Gasteiger partial charge is 0.459 e. The van der Waals surface area contributed by atoms with Gasteiger partial charge < -0.3 is 14.8 Å². The molecule has 1 saturated heterocycles. The van der Waals surface area contributed by atoms with Gasteiger partial charge in [0.1, 0.15) is 17.4 Å². The first kappa shape index (κ1) is 25.3. The number of carbonyl (C=O) groups is 2. The maximum Gasteiger partial charge on any atom is 0.323 e. The smallest absolute Gasteiger partial charge is 0.323 e. The summed E-state index contributed by atoms with van der Waals surface area (Å²) in [6, 6.07) is 16.9. The van der Waals surface area contributed by atoms with Crippen molar-refractivity contribution >= 4 is 17.6 Å². The van der Waals surface area contributed by atoms with Crippen LogP contribution in [0, 0.1) is 0 Å². The van der Waals surface area contributed by atoms with Crippen LogP contribution in [-0.4, -0.2) is 51.5 Å². The highest BCUT2D eigenvalue weighted by atomic mass is 16.6. The van der Waals surface area contributed by atoms with E-state index in [0.717, 1.165) is 37.9 Å². The Bertz CT molecular complexity index is 1160. The number of hydrogen-bond acceptors (Lipinski definition) is 7.